The fourth-order valence-electron chi connectivity index (χ4n) is 0.676. The highest BCUT2D eigenvalue weighted by Gasteiger charge is 2.04. The van der Waals surface area contributed by atoms with E-state index < -0.39 is 0 Å². The molecular weight excluding hydrogens is 152 g/mol. The molecular formula is C7H15ClO2. The zero-order valence-corrected chi connectivity index (χ0v) is 7.36. The maximum atomic E-state index is 5.51. The third-order valence-corrected chi connectivity index (χ3v) is 1.27. The van der Waals surface area contributed by atoms with Crippen LogP contribution in [0, 0.1) is 0 Å². The van der Waals surface area contributed by atoms with E-state index in [0.717, 1.165) is 6.42 Å². The summed E-state index contributed by atoms with van der Waals surface area (Å²) < 4.78 is 10.4. The van der Waals surface area contributed by atoms with E-state index in [1.54, 1.807) is 0 Å². The van der Waals surface area contributed by atoms with E-state index >= 15 is 0 Å². The summed E-state index contributed by atoms with van der Waals surface area (Å²) in [5.74, 6) is 0.588. The second-order valence-electron chi connectivity index (χ2n) is 1.82. The van der Waals surface area contributed by atoms with Crippen molar-refractivity contribution in [1.29, 1.82) is 0 Å². The molecule has 0 N–H and O–H groups in total. The number of ether oxygens (including phenoxy) is 2. The van der Waals surface area contributed by atoms with E-state index in [-0.39, 0.29) is 6.29 Å². The Morgan fingerprint density at radius 1 is 1.20 bits per heavy atom. The lowest BCUT2D eigenvalue weighted by molar-refractivity contribution is -0.136. The fourth-order valence-corrected chi connectivity index (χ4v) is 0.854. The average Bonchev–Trinajstić information content (AvgIpc) is 1.90. The van der Waals surface area contributed by atoms with Crippen molar-refractivity contribution >= 4 is 11.6 Å². The molecule has 0 aliphatic rings. The van der Waals surface area contributed by atoms with Gasteiger partial charge in [-0.3, -0.25) is 0 Å². The Morgan fingerprint density at radius 3 is 2.00 bits per heavy atom. The predicted octanol–water partition coefficient (Wildman–Crippen LogP) is 2.01. The lowest BCUT2D eigenvalue weighted by Crippen LogP contribution is -2.17. The maximum absolute atomic E-state index is 5.51. The van der Waals surface area contributed by atoms with Crippen molar-refractivity contribution in [1.82, 2.24) is 0 Å². The molecule has 0 aromatic rings. The summed E-state index contributed by atoms with van der Waals surface area (Å²) >= 11 is 5.51. The van der Waals surface area contributed by atoms with Crippen LogP contribution in [0.15, 0.2) is 0 Å². The molecule has 0 saturated heterocycles. The predicted molar refractivity (Wildman–Crippen MR) is 42.4 cm³/mol. The Labute approximate surface area is 67.5 Å². The highest BCUT2D eigenvalue weighted by atomic mass is 35.5. The Bertz CT molecular complexity index is 54.4. The van der Waals surface area contributed by atoms with Crippen molar-refractivity contribution in [2.24, 2.45) is 0 Å². The van der Waals surface area contributed by atoms with Crippen LogP contribution in [0.25, 0.3) is 0 Å². The van der Waals surface area contributed by atoms with Gasteiger partial charge in [-0.25, -0.2) is 0 Å². The van der Waals surface area contributed by atoms with Crippen LogP contribution in [0.3, 0.4) is 0 Å². The zero-order valence-electron chi connectivity index (χ0n) is 6.60. The molecule has 3 heteroatoms. The summed E-state index contributed by atoms with van der Waals surface area (Å²) in [7, 11) is 0. The van der Waals surface area contributed by atoms with Gasteiger partial charge in [0.15, 0.2) is 6.29 Å². The smallest absolute Gasteiger partial charge is 0.158 e. The summed E-state index contributed by atoms with van der Waals surface area (Å²) in [4.78, 5) is 0. The van der Waals surface area contributed by atoms with Gasteiger partial charge >= 0.3 is 0 Å². The quantitative estimate of drug-likeness (QED) is 0.444. The molecule has 0 amide bonds. The second-order valence-corrected chi connectivity index (χ2v) is 2.20. The SMILES string of the molecule is CCOC(CCCl)OCC. The Hall–Kier alpha value is 0.210. The van der Waals surface area contributed by atoms with Crippen molar-refractivity contribution in [2.75, 3.05) is 19.1 Å². The van der Waals surface area contributed by atoms with Gasteiger partial charge in [-0.1, -0.05) is 0 Å². The number of halogens is 1. The molecule has 0 radical (unpaired) electrons. The molecule has 0 unspecified atom stereocenters. The van der Waals surface area contributed by atoms with E-state index in [9.17, 15) is 0 Å². The van der Waals surface area contributed by atoms with Crippen LogP contribution in [-0.4, -0.2) is 25.4 Å². The molecule has 62 valence electrons. The van der Waals surface area contributed by atoms with Gasteiger partial charge in [-0.2, -0.15) is 0 Å². The molecule has 0 aromatic heterocycles. The van der Waals surface area contributed by atoms with Crippen LogP contribution < -0.4 is 0 Å². The highest BCUT2D eigenvalue weighted by Crippen LogP contribution is 2.01. The van der Waals surface area contributed by atoms with Gasteiger partial charge in [-0.05, 0) is 13.8 Å². The third kappa shape index (κ3) is 5.03. The first-order chi connectivity index (χ1) is 4.85. The van der Waals surface area contributed by atoms with Gasteiger partial charge in [0.2, 0.25) is 0 Å². The molecule has 0 aliphatic carbocycles. The number of hydrogen-bond donors (Lipinski definition) is 0. The Kier molecular flexibility index (Phi) is 7.47. The lowest BCUT2D eigenvalue weighted by atomic mass is 10.5. The standard InChI is InChI=1S/C7H15ClO2/c1-3-9-7(5-6-8)10-4-2/h7H,3-6H2,1-2H3. The monoisotopic (exact) mass is 166 g/mol. The molecule has 0 rings (SSSR count). The second kappa shape index (κ2) is 7.32. The van der Waals surface area contributed by atoms with Crippen LogP contribution >= 0.6 is 11.6 Å². The first kappa shape index (κ1) is 10.2. The molecule has 0 bridgehead atoms. The van der Waals surface area contributed by atoms with Gasteiger partial charge in [-0.15, -0.1) is 11.6 Å². The summed E-state index contributed by atoms with van der Waals surface area (Å²) in [5.41, 5.74) is 0. The van der Waals surface area contributed by atoms with Crippen LogP contribution in [0.1, 0.15) is 20.3 Å². The van der Waals surface area contributed by atoms with Crippen LogP contribution in [0.2, 0.25) is 0 Å². The summed E-state index contributed by atoms with van der Waals surface area (Å²) in [6, 6.07) is 0. The Morgan fingerprint density at radius 2 is 1.70 bits per heavy atom. The summed E-state index contributed by atoms with van der Waals surface area (Å²) in [6.07, 6.45) is 0.663. The van der Waals surface area contributed by atoms with E-state index in [4.69, 9.17) is 21.1 Å². The fraction of sp³-hybridized carbons (Fsp3) is 1.00. The molecule has 0 heterocycles. The number of rotatable bonds is 6. The highest BCUT2D eigenvalue weighted by molar-refractivity contribution is 6.17. The molecule has 0 aromatic carbocycles. The van der Waals surface area contributed by atoms with E-state index in [1.165, 1.54) is 0 Å². The molecule has 0 saturated carbocycles. The van der Waals surface area contributed by atoms with Crippen molar-refractivity contribution < 1.29 is 9.47 Å². The van der Waals surface area contributed by atoms with E-state index in [1.807, 2.05) is 13.8 Å². The minimum absolute atomic E-state index is 0.104. The van der Waals surface area contributed by atoms with Gasteiger partial charge in [0.1, 0.15) is 0 Å². The van der Waals surface area contributed by atoms with E-state index in [2.05, 4.69) is 0 Å². The maximum Gasteiger partial charge on any atom is 0.158 e. The average molecular weight is 167 g/mol. The molecule has 0 spiro atoms. The van der Waals surface area contributed by atoms with Gasteiger partial charge < -0.3 is 9.47 Å². The minimum atomic E-state index is -0.104. The van der Waals surface area contributed by atoms with E-state index in [0.29, 0.717) is 19.1 Å². The van der Waals surface area contributed by atoms with Gasteiger partial charge in [0.25, 0.3) is 0 Å². The van der Waals surface area contributed by atoms with Crippen molar-refractivity contribution in [3.8, 4) is 0 Å². The molecule has 0 aliphatic heterocycles. The first-order valence-corrected chi connectivity index (χ1v) is 4.17. The molecule has 0 fully saturated rings. The van der Waals surface area contributed by atoms with Crippen LogP contribution in [0.5, 0.6) is 0 Å². The first-order valence-electron chi connectivity index (χ1n) is 3.64. The normalized spacial score (nSPS) is 10.8. The number of alkyl halides is 1. The van der Waals surface area contributed by atoms with Crippen molar-refractivity contribution in [2.45, 2.75) is 26.6 Å². The van der Waals surface area contributed by atoms with Crippen molar-refractivity contribution in [3.05, 3.63) is 0 Å². The number of hydrogen-bond acceptors (Lipinski definition) is 2. The largest absolute Gasteiger partial charge is 0.353 e. The Balaban J connectivity index is 3.30. The lowest BCUT2D eigenvalue weighted by Gasteiger charge is -2.14. The molecule has 2 nitrogen and oxygen atoms in total. The zero-order chi connectivity index (χ0) is 7.82. The third-order valence-electron chi connectivity index (χ3n) is 1.05. The molecule has 10 heavy (non-hydrogen) atoms. The topological polar surface area (TPSA) is 18.5 Å². The molecule has 0 atom stereocenters. The van der Waals surface area contributed by atoms with Crippen molar-refractivity contribution in [3.63, 3.8) is 0 Å². The summed E-state index contributed by atoms with van der Waals surface area (Å²) in [6.45, 7) is 5.25. The van der Waals surface area contributed by atoms with Gasteiger partial charge in [0.05, 0.1) is 0 Å². The van der Waals surface area contributed by atoms with Crippen LogP contribution in [-0.2, 0) is 9.47 Å². The van der Waals surface area contributed by atoms with Gasteiger partial charge in [0, 0.05) is 25.5 Å². The minimum Gasteiger partial charge on any atom is -0.353 e. The van der Waals surface area contributed by atoms with Crippen LogP contribution in [0.4, 0.5) is 0 Å². The summed E-state index contributed by atoms with van der Waals surface area (Å²) in [5, 5.41) is 0.